The van der Waals surface area contributed by atoms with Crippen molar-refractivity contribution in [2.75, 3.05) is 13.1 Å². The van der Waals surface area contributed by atoms with Crippen molar-refractivity contribution in [2.45, 2.75) is 0 Å². The Hall–Kier alpha value is -1.18. The second-order valence-corrected chi connectivity index (χ2v) is 2.11. The molecule has 0 unspecified atom stereocenters. The maximum Gasteiger partial charge on any atom is 0.0393 e. The molecule has 0 fully saturated rings. The molecule has 54 valence electrons. The van der Waals surface area contributed by atoms with Gasteiger partial charge in [0, 0.05) is 13.1 Å². The molecule has 2 heteroatoms. The molecule has 0 radical (unpaired) electrons. The van der Waals surface area contributed by atoms with Crippen LogP contribution in [0.5, 0.6) is 0 Å². The summed E-state index contributed by atoms with van der Waals surface area (Å²) >= 11 is 0. The maximum absolute atomic E-state index is 3.57. The highest BCUT2D eigenvalue weighted by atomic mass is 14.8. The Kier molecular flexibility index (Phi) is 2.62. The molecule has 0 aromatic rings. The number of dihydropyridines is 1. The fourth-order valence-corrected chi connectivity index (χ4v) is 0.813. The minimum absolute atomic E-state index is 0.877. The zero-order valence-corrected chi connectivity index (χ0v) is 5.93. The summed E-state index contributed by atoms with van der Waals surface area (Å²) in [7, 11) is 0. The van der Waals surface area contributed by atoms with Gasteiger partial charge in [-0.3, -0.25) is 0 Å². The summed E-state index contributed by atoms with van der Waals surface area (Å²) in [5.74, 6) is 0. The molecule has 2 N–H and O–H groups in total. The molecule has 0 amide bonds. The smallest absolute Gasteiger partial charge is 0.0393 e. The summed E-state index contributed by atoms with van der Waals surface area (Å²) in [6.45, 7) is 5.38. The normalized spacial score (nSPS) is 15.4. The minimum atomic E-state index is 0.877. The molecule has 0 bridgehead atoms. The van der Waals surface area contributed by atoms with Crippen molar-refractivity contribution >= 4 is 0 Å². The van der Waals surface area contributed by atoms with Gasteiger partial charge in [-0.1, -0.05) is 12.7 Å². The first-order valence-corrected chi connectivity index (χ1v) is 3.37. The quantitative estimate of drug-likeness (QED) is 0.598. The van der Waals surface area contributed by atoms with Gasteiger partial charge in [-0.2, -0.15) is 0 Å². The Morgan fingerprint density at radius 2 is 2.70 bits per heavy atom. The summed E-state index contributed by atoms with van der Waals surface area (Å²) < 4.78 is 0. The van der Waals surface area contributed by atoms with E-state index in [-0.39, 0.29) is 0 Å². The third kappa shape index (κ3) is 1.97. The van der Waals surface area contributed by atoms with Crippen LogP contribution < -0.4 is 10.6 Å². The van der Waals surface area contributed by atoms with Crippen LogP contribution in [0.1, 0.15) is 0 Å². The first-order chi connectivity index (χ1) is 4.93. The van der Waals surface area contributed by atoms with E-state index in [2.05, 4.69) is 29.4 Å². The highest BCUT2D eigenvalue weighted by Crippen LogP contribution is 1.97. The van der Waals surface area contributed by atoms with E-state index in [0.29, 0.717) is 0 Å². The molecule has 10 heavy (non-hydrogen) atoms. The third-order valence-corrected chi connectivity index (χ3v) is 1.35. The average molecular weight is 136 g/mol. The SMILES string of the molecule is C=CNCC1=CCNC=C1. The van der Waals surface area contributed by atoms with E-state index < -0.39 is 0 Å². The average Bonchev–Trinajstić information content (AvgIpc) is 2.03. The zero-order valence-electron chi connectivity index (χ0n) is 5.93. The van der Waals surface area contributed by atoms with Crippen LogP contribution in [0.4, 0.5) is 0 Å². The Morgan fingerprint density at radius 1 is 1.80 bits per heavy atom. The largest absolute Gasteiger partial charge is 0.387 e. The van der Waals surface area contributed by atoms with Gasteiger partial charge >= 0.3 is 0 Å². The van der Waals surface area contributed by atoms with Gasteiger partial charge in [-0.05, 0) is 24.0 Å². The lowest BCUT2D eigenvalue weighted by atomic mass is 10.2. The molecule has 1 aliphatic rings. The van der Waals surface area contributed by atoms with E-state index in [1.165, 1.54) is 5.57 Å². The first kappa shape index (κ1) is 6.93. The predicted molar refractivity (Wildman–Crippen MR) is 43.4 cm³/mol. The second-order valence-electron chi connectivity index (χ2n) is 2.11. The minimum Gasteiger partial charge on any atom is -0.387 e. The van der Waals surface area contributed by atoms with Gasteiger partial charge in [0.15, 0.2) is 0 Å². The van der Waals surface area contributed by atoms with Crippen LogP contribution in [0.2, 0.25) is 0 Å². The zero-order chi connectivity index (χ0) is 7.23. The van der Waals surface area contributed by atoms with E-state index in [1.807, 2.05) is 6.20 Å². The Bertz CT molecular complexity index is 168. The topological polar surface area (TPSA) is 24.1 Å². The molecule has 0 saturated carbocycles. The van der Waals surface area contributed by atoms with Crippen LogP contribution in [0, 0.1) is 0 Å². The van der Waals surface area contributed by atoms with E-state index in [0.717, 1.165) is 13.1 Å². The summed E-state index contributed by atoms with van der Waals surface area (Å²) in [6, 6.07) is 0. The van der Waals surface area contributed by atoms with Gasteiger partial charge in [0.05, 0.1) is 0 Å². The first-order valence-electron chi connectivity index (χ1n) is 3.37. The van der Waals surface area contributed by atoms with Gasteiger partial charge in [0.1, 0.15) is 0 Å². The molecule has 1 rings (SSSR count). The molecular formula is C8H12N2. The molecule has 1 aliphatic heterocycles. The van der Waals surface area contributed by atoms with Crippen molar-refractivity contribution in [2.24, 2.45) is 0 Å². The number of nitrogens with one attached hydrogen (secondary N) is 2. The molecule has 0 atom stereocenters. The van der Waals surface area contributed by atoms with Gasteiger partial charge in [0.25, 0.3) is 0 Å². The Morgan fingerprint density at radius 3 is 3.30 bits per heavy atom. The summed E-state index contributed by atoms with van der Waals surface area (Å²) in [5, 5.41) is 6.12. The number of hydrogen-bond donors (Lipinski definition) is 2. The lowest BCUT2D eigenvalue weighted by Gasteiger charge is -2.07. The van der Waals surface area contributed by atoms with Crippen LogP contribution >= 0.6 is 0 Å². The Labute approximate surface area is 61.3 Å². The van der Waals surface area contributed by atoms with Gasteiger partial charge in [0.2, 0.25) is 0 Å². The van der Waals surface area contributed by atoms with Gasteiger partial charge in [-0.25, -0.2) is 0 Å². The lowest BCUT2D eigenvalue weighted by molar-refractivity contribution is 0.903. The summed E-state index contributed by atoms with van der Waals surface area (Å²) in [4.78, 5) is 0. The van der Waals surface area contributed by atoms with Gasteiger partial charge in [-0.15, -0.1) is 0 Å². The van der Waals surface area contributed by atoms with Crippen LogP contribution in [-0.2, 0) is 0 Å². The highest BCUT2D eigenvalue weighted by molar-refractivity contribution is 5.23. The third-order valence-electron chi connectivity index (χ3n) is 1.35. The summed E-state index contributed by atoms with van der Waals surface area (Å²) in [6.07, 6.45) is 7.87. The van der Waals surface area contributed by atoms with Crippen molar-refractivity contribution in [3.05, 3.63) is 36.7 Å². The van der Waals surface area contributed by atoms with Crippen LogP contribution in [0.15, 0.2) is 36.7 Å². The van der Waals surface area contributed by atoms with Crippen LogP contribution in [-0.4, -0.2) is 13.1 Å². The van der Waals surface area contributed by atoms with Crippen molar-refractivity contribution < 1.29 is 0 Å². The highest BCUT2D eigenvalue weighted by Gasteiger charge is 1.92. The molecule has 0 aromatic carbocycles. The molecule has 0 aliphatic carbocycles. The standard InChI is InChI=1S/C8H12N2/c1-2-9-7-8-3-5-10-6-4-8/h2-5,9-10H,1,6-7H2. The van der Waals surface area contributed by atoms with Crippen molar-refractivity contribution in [3.8, 4) is 0 Å². The van der Waals surface area contributed by atoms with E-state index in [1.54, 1.807) is 6.20 Å². The second kappa shape index (κ2) is 3.77. The molecular weight excluding hydrogens is 124 g/mol. The molecule has 0 aromatic heterocycles. The number of rotatable bonds is 3. The number of hydrogen-bond acceptors (Lipinski definition) is 2. The van der Waals surface area contributed by atoms with Gasteiger partial charge < -0.3 is 10.6 Å². The maximum atomic E-state index is 3.57. The van der Waals surface area contributed by atoms with Crippen molar-refractivity contribution in [3.63, 3.8) is 0 Å². The van der Waals surface area contributed by atoms with E-state index in [4.69, 9.17) is 0 Å². The molecule has 0 spiro atoms. The van der Waals surface area contributed by atoms with E-state index in [9.17, 15) is 0 Å². The molecule has 2 nitrogen and oxygen atoms in total. The Balaban J connectivity index is 2.32. The van der Waals surface area contributed by atoms with Crippen molar-refractivity contribution in [1.82, 2.24) is 10.6 Å². The monoisotopic (exact) mass is 136 g/mol. The fourth-order valence-electron chi connectivity index (χ4n) is 0.813. The molecule has 0 saturated heterocycles. The van der Waals surface area contributed by atoms with Crippen LogP contribution in [0.25, 0.3) is 0 Å². The van der Waals surface area contributed by atoms with Crippen molar-refractivity contribution in [1.29, 1.82) is 0 Å². The lowest BCUT2D eigenvalue weighted by Crippen LogP contribution is -2.14. The molecule has 1 heterocycles. The summed E-state index contributed by atoms with van der Waals surface area (Å²) in [5.41, 5.74) is 1.30. The fraction of sp³-hybridized carbons (Fsp3) is 0.250. The van der Waals surface area contributed by atoms with Crippen LogP contribution in [0.3, 0.4) is 0 Å². The predicted octanol–water partition coefficient (Wildman–Crippen LogP) is 0.763. The van der Waals surface area contributed by atoms with E-state index >= 15 is 0 Å².